The number of primary sulfonamides is 1. The first kappa shape index (κ1) is 17.6. The van der Waals surface area contributed by atoms with E-state index in [2.05, 4.69) is 0 Å². The van der Waals surface area contributed by atoms with Gasteiger partial charge >= 0.3 is 5.97 Å². The average Bonchev–Trinajstić information content (AvgIpc) is 2.41. The average molecular weight is 317 g/mol. The number of methoxy groups -OCH3 is 1. The van der Waals surface area contributed by atoms with Crippen molar-refractivity contribution in [1.82, 2.24) is 0 Å². The van der Waals surface area contributed by atoms with E-state index in [1.807, 2.05) is 0 Å². The van der Waals surface area contributed by atoms with Crippen LogP contribution in [0.3, 0.4) is 0 Å². The zero-order valence-corrected chi connectivity index (χ0v) is 12.8. The number of aryl methyl sites for hydroxylation is 1. The first-order valence-electron chi connectivity index (χ1n) is 6.23. The summed E-state index contributed by atoms with van der Waals surface area (Å²) in [6.45, 7) is 2.78. The summed E-state index contributed by atoms with van der Waals surface area (Å²) in [6.07, 6.45) is 0. The van der Waals surface area contributed by atoms with E-state index < -0.39 is 16.0 Å². The molecule has 0 saturated carbocycles. The summed E-state index contributed by atoms with van der Waals surface area (Å²) in [5.74, 6) is -0.629. The summed E-state index contributed by atoms with van der Waals surface area (Å²) in [7, 11) is -2.31. The summed E-state index contributed by atoms with van der Waals surface area (Å²) in [4.78, 5) is 11.7. The minimum absolute atomic E-state index is 0.0706. The third kappa shape index (κ3) is 5.80. The Morgan fingerprint density at radius 3 is 2.48 bits per heavy atom. The predicted octanol–water partition coefficient (Wildman–Crippen LogP) is 0.462. The number of esters is 1. The highest BCUT2D eigenvalue weighted by Gasteiger charge is 2.15. The standard InChI is InChI=1S/C13H19NO6S/c1-10-3-4-11(9-12(10)21(14,16)17)13(15)20-8-7-19-6-5-18-2/h3-4,9H,5-8H2,1-2H3,(H2,14,16,17). The molecule has 21 heavy (non-hydrogen) atoms. The second kappa shape index (κ2) is 8.08. The van der Waals surface area contributed by atoms with Gasteiger partial charge in [-0.15, -0.1) is 0 Å². The molecule has 118 valence electrons. The van der Waals surface area contributed by atoms with Crippen molar-refractivity contribution in [2.24, 2.45) is 5.14 Å². The van der Waals surface area contributed by atoms with Gasteiger partial charge in [0.25, 0.3) is 0 Å². The SMILES string of the molecule is COCCOCCOC(=O)c1ccc(C)c(S(N)(=O)=O)c1. The Hall–Kier alpha value is -1.48. The largest absolute Gasteiger partial charge is 0.460 e. The van der Waals surface area contributed by atoms with E-state index in [1.165, 1.54) is 18.2 Å². The van der Waals surface area contributed by atoms with Gasteiger partial charge in [0, 0.05) is 7.11 Å². The third-order valence-electron chi connectivity index (χ3n) is 2.62. The van der Waals surface area contributed by atoms with E-state index in [-0.39, 0.29) is 23.7 Å². The summed E-state index contributed by atoms with van der Waals surface area (Å²) in [5.41, 5.74) is 0.596. The van der Waals surface area contributed by atoms with E-state index in [0.29, 0.717) is 18.8 Å². The van der Waals surface area contributed by atoms with Gasteiger partial charge in [-0.25, -0.2) is 18.4 Å². The molecule has 0 radical (unpaired) electrons. The number of carbonyl (C=O) groups is 1. The highest BCUT2D eigenvalue weighted by molar-refractivity contribution is 7.89. The fourth-order valence-electron chi connectivity index (χ4n) is 1.55. The molecule has 0 amide bonds. The first-order chi connectivity index (χ1) is 9.86. The highest BCUT2D eigenvalue weighted by Crippen LogP contribution is 2.16. The van der Waals surface area contributed by atoms with Crippen molar-refractivity contribution in [2.45, 2.75) is 11.8 Å². The van der Waals surface area contributed by atoms with E-state index in [4.69, 9.17) is 19.3 Å². The normalized spacial score (nSPS) is 11.4. The van der Waals surface area contributed by atoms with E-state index >= 15 is 0 Å². The molecule has 1 rings (SSSR count). The predicted molar refractivity (Wildman–Crippen MR) is 75.5 cm³/mol. The third-order valence-corrected chi connectivity index (χ3v) is 3.68. The van der Waals surface area contributed by atoms with Gasteiger partial charge in [0.05, 0.1) is 30.3 Å². The van der Waals surface area contributed by atoms with Crippen molar-refractivity contribution >= 4 is 16.0 Å². The molecule has 2 N–H and O–H groups in total. The fourth-order valence-corrected chi connectivity index (χ4v) is 2.36. The van der Waals surface area contributed by atoms with Gasteiger partial charge in [-0.2, -0.15) is 0 Å². The number of rotatable bonds is 8. The molecule has 7 nitrogen and oxygen atoms in total. The van der Waals surface area contributed by atoms with Gasteiger partial charge in [-0.1, -0.05) is 6.07 Å². The summed E-state index contributed by atoms with van der Waals surface area (Å²) >= 11 is 0. The van der Waals surface area contributed by atoms with E-state index in [0.717, 1.165) is 0 Å². The monoisotopic (exact) mass is 317 g/mol. The molecular formula is C13H19NO6S. The van der Waals surface area contributed by atoms with Crippen LogP contribution < -0.4 is 5.14 Å². The molecule has 0 fully saturated rings. The minimum atomic E-state index is -3.87. The van der Waals surface area contributed by atoms with Gasteiger partial charge in [0.15, 0.2) is 0 Å². The maximum Gasteiger partial charge on any atom is 0.338 e. The molecule has 0 bridgehead atoms. The Morgan fingerprint density at radius 1 is 1.19 bits per heavy atom. The van der Waals surface area contributed by atoms with Crippen LogP contribution in [0.4, 0.5) is 0 Å². The molecule has 8 heteroatoms. The Labute approximate surface area is 124 Å². The molecule has 0 heterocycles. The van der Waals surface area contributed by atoms with Crippen LogP contribution in [0.2, 0.25) is 0 Å². The minimum Gasteiger partial charge on any atom is -0.460 e. The van der Waals surface area contributed by atoms with Gasteiger partial charge in [0.1, 0.15) is 6.61 Å². The smallest absolute Gasteiger partial charge is 0.338 e. The highest BCUT2D eigenvalue weighted by atomic mass is 32.2. The number of ether oxygens (including phenoxy) is 3. The van der Waals surface area contributed by atoms with Crippen LogP contribution in [0, 0.1) is 6.92 Å². The quantitative estimate of drug-likeness (QED) is 0.552. The number of sulfonamides is 1. The fraction of sp³-hybridized carbons (Fsp3) is 0.462. The molecule has 0 aliphatic carbocycles. The lowest BCUT2D eigenvalue weighted by atomic mass is 10.1. The Kier molecular flexibility index (Phi) is 6.76. The summed E-state index contributed by atoms with van der Waals surface area (Å²) in [6, 6.07) is 4.20. The zero-order valence-electron chi connectivity index (χ0n) is 12.0. The van der Waals surface area contributed by atoms with Crippen molar-refractivity contribution in [1.29, 1.82) is 0 Å². The molecule has 0 aromatic heterocycles. The molecule has 0 aliphatic heterocycles. The van der Waals surface area contributed by atoms with Crippen molar-refractivity contribution in [2.75, 3.05) is 33.5 Å². The summed E-state index contributed by atoms with van der Waals surface area (Å²) < 4.78 is 37.7. The lowest BCUT2D eigenvalue weighted by Crippen LogP contribution is -2.16. The molecule has 1 aromatic carbocycles. The molecule has 0 unspecified atom stereocenters. The van der Waals surface area contributed by atoms with Crippen LogP contribution in [-0.2, 0) is 24.2 Å². The number of hydrogen-bond donors (Lipinski definition) is 1. The van der Waals surface area contributed by atoms with Crippen LogP contribution in [0.5, 0.6) is 0 Å². The Balaban J connectivity index is 2.59. The second-order valence-electron chi connectivity index (χ2n) is 4.27. The van der Waals surface area contributed by atoms with Crippen LogP contribution >= 0.6 is 0 Å². The molecule has 0 atom stereocenters. The van der Waals surface area contributed by atoms with Gasteiger partial charge < -0.3 is 14.2 Å². The van der Waals surface area contributed by atoms with Crippen LogP contribution in [0.25, 0.3) is 0 Å². The van der Waals surface area contributed by atoms with Crippen LogP contribution in [-0.4, -0.2) is 47.9 Å². The van der Waals surface area contributed by atoms with Crippen molar-refractivity contribution in [3.05, 3.63) is 29.3 Å². The number of benzene rings is 1. The second-order valence-corrected chi connectivity index (χ2v) is 5.80. The van der Waals surface area contributed by atoms with Crippen LogP contribution in [0.15, 0.2) is 23.1 Å². The number of nitrogens with two attached hydrogens (primary N) is 1. The van der Waals surface area contributed by atoms with Gasteiger partial charge in [0.2, 0.25) is 10.0 Å². The molecule has 1 aromatic rings. The van der Waals surface area contributed by atoms with E-state index in [9.17, 15) is 13.2 Å². The van der Waals surface area contributed by atoms with Crippen molar-refractivity contribution < 1.29 is 27.4 Å². The Bertz CT molecular complexity index is 584. The molecule has 0 spiro atoms. The van der Waals surface area contributed by atoms with Crippen LogP contribution in [0.1, 0.15) is 15.9 Å². The zero-order chi connectivity index (χ0) is 15.9. The topological polar surface area (TPSA) is 105 Å². The van der Waals surface area contributed by atoms with E-state index in [1.54, 1.807) is 14.0 Å². The van der Waals surface area contributed by atoms with Crippen molar-refractivity contribution in [3.63, 3.8) is 0 Å². The molecule has 0 aliphatic rings. The lowest BCUT2D eigenvalue weighted by Gasteiger charge is -2.08. The molecule has 0 saturated heterocycles. The maximum absolute atomic E-state index is 11.8. The number of carbonyl (C=O) groups excluding carboxylic acids is 1. The Morgan fingerprint density at radius 2 is 1.86 bits per heavy atom. The van der Waals surface area contributed by atoms with Gasteiger partial charge in [-0.05, 0) is 24.6 Å². The van der Waals surface area contributed by atoms with Crippen molar-refractivity contribution in [3.8, 4) is 0 Å². The maximum atomic E-state index is 11.8. The summed E-state index contributed by atoms with van der Waals surface area (Å²) in [5, 5.41) is 5.08. The molecular weight excluding hydrogens is 298 g/mol. The van der Waals surface area contributed by atoms with Gasteiger partial charge in [-0.3, -0.25) is 0 Å². The first-order valence-corrected chi connectivity index (χ1v) is 7.78. The lowest BCUT2D eigenvalue weighted by molar-refractivity contribution is 0.0213. The number of hydrogen-bond acceptors (Lipinski definition) is 6.